The molecular weight excluding hydrogens is 596 g/mol. The lowest BCUT2D eigenvalue weighted by Gasteiger charge is -2.32. The van der Waals surface area contributed by atoms with E-state index in [1.807, 2.05) is 12.1 Å². The number of ether oxygens (including phenoxy) is 4. The molecule has 0 spiro atoms. The summed E-state index contributed by atoms with van der Waals surface area (Å²) >= 11 is 0. The van der Waals surface area contributed by atoms with E-state index in [1.54, 1.807) is 0 Å². The zero-order chi connectivity index (χ0) is 33.8. The number of rotatable bonds is 16. The van der Waals surface area contributed by atoms with E-state index in [1.165, 1.54) is 49.7 Å². The maximum absolute atomic E-state index is 11.4. The summed E-state index contributed by atoms with van der Waals surface area (Å²) in [6.45, 7) is 11.0. The van der Waals surface area contributed by atoms with Crippen molar-refractivity contribution in [2.24, 2.45) is 0 Å². The molecule has 0 saturated heterocycles. The van der Waals surface area contributed by atoms with Gasteiger partial charge < -0.3 is 29.2 Å². The highest BCUT2D eigenvalue weighted by atomic mass is 16.6. The maximum atomic E-state index is 11.4. The zero-order valence-corrected chi connectivity index (χ0v) is 28.1. The molecule has 2 fully saturated rings. The van der Waals surface area contributed by atoms with Gasteiger partial charge in [0.2, 0.25) is 0 Å². The first-order valence-corrected chi connectivity index (χ1v) is 17.1. The van der Waals surface area contributed by atoms with Crippen molar-refractivity contribution in [3.05, 3.63) is 84.0 Å². The van der Waals surface area contributed by atoms with Gasteiger partial charge in [0.05, 0.1) is 0 Å². The first kappa shape index (κ1) is 36.2. The maximum Gasteiger partial charge on any atom is 0.330 e. The Morgan fingerprint density at radius 3 is 1.45 bits per heavy atom. The largest absolute Gasteiger partial charge is 0.490 e. The third-order valence-corrected chi connectivity index (χ3v) is 9.58. The second-order valence-corrected chi connectivity index (χ2v) is 13.4. The standard InChI is InChI=1S/C39H52O8/c1-5-37(42)46-25-31(40)23-44-35-19-17-29(21-33(35)27-13-9-7-10-14-27)39(3,4)30-18-20-36(34(22-30)28-15-11-8-12-16-28)45-24-32(41)26-47-38(43)6-2/h5-6,17-22,27-28,31-32,40-41H,1-2,7-16,23-26H2,3-4H3. The van der Waals surface area contributed by atoms with Crippen LogP contribution >= 0.6 is 0 Å². The van der Waals surface area contributed by atoms with Crippen LogP contribution in [-0.4, -0.2) is 60.8 Å². The van der Waals surface area contributed by atoms with E-state index in [0.717, 1.165) is 60.5 Å². The van der Waals surface area contributed by atoms with Crippen LogP contribution in [0.25, 0.3) is 0 Å². The number of carbonyl (C=O) groups is 2. The molecule has 8 heteroatoms. The minimum Gasteiger partial charge on any atom is -0.490 e. The molecule has 0 aliphatic heterocycles. The molecule has 256 valence electrons. The summed E-state index contributed by atoms with van der Waals surface area (Å²) in [5.74, 6) is 1.11. The van der Waals surface area contributed by atoms with Gasteiger partial charge in [0.15, 0.2) is 0 Å². The average molecular weight is 649 g/mol. The summed E-state index contributed by atoms with van der Waals surface area (Å²) in [5, 5.41) is 20.8. The van der Waals surface area contributed by atoms with E-state index in [0.29, 0.717) is 11.8 Å². The molecule has 0 aromatic heterocycles. The number of aliphatic hydroxyl groups excluding tert-OH is 2. The van der Waals surface area contributed by atoms with Crippen molar-refractivity contribution in [1.29, 1.82) is 0 Å². The molecule has 2 atom stereocenters. The predicted octanol–water partition coefficient (Wildman–Crippen LogP) is 7.05. The molecule has 0 bridgehead atoms. The zero-order valence-electron chi connectivity index (χ0n) is 28.1. The summed E-state index contributed by atoms with van der Waals surface area (Å²) in [6.07, 6.45) is 11.8. The SMILES string of the molecule is C=CC(=O)OCC(O)COc1ccc(C(C)(C)c2ccc(OCC(O)COC(=O)C=C)c(C3CCCCC3)c2)cc1C1CCCCC1. The van der Waals surface area contributed by atoms with Gasteiger partial charge in [-0.15, -0.1) is 0 Å². The molecule has 47 heavy (non-hydrogen) atoms. The molecule has 0 radical (unpaired) electrons. The molecule has 0 amide bonds. The van der Waals surface area contributed by atoms with Crippen LogP contribution in [0.15, 0.2) is 61.7 Å². The van der Waals surface area contributed by atoms with Gasteiger partial charge in [0.1, 0.15) is 50.1 Å². The summed E-state index contributed by atoms with van der Waals surface area (Å²) in [5.41, 5.74) is 4.33. The number of esters is 2. The Hall–Kier alpha value is -3.62. The van der Waals surface area contributed by atoms with Crippen LogP contribution in [-0.2, 0) is 24.5 Å². The Morgan fingerprint density at radius 2 is 1.09 bits per heavy atom. The predicted molar refractivity (Wildman–Crippen MR) is 182 cm³/mol. The molecule has 2 aromatic carbocycles. The van der Waals surface area contributed by atoms with Crippen LogP contribution in [0.2, 0.25) is 0 Å². The van der Waals surface area contributed by atoms with Crippen molar-refractivity contribution in [1.82, 2.24) is 0 Å². The molecule has 2 aromatic rings. The van der Waals surface area contributed by atoms with Crippen LogP contribution in [0.4, 0.5) is 0 Å². The molecule has 0 heterocycles. The highest BCUT2D eigenvalue weighted by Crippen LogP contribution is 2.44. The molecule has 2 N–H and O–H groups in total. The Morgan fingerprint density at radius 1 is 0.702 bits per heavy atom. The third kappa shape index (κ3) is 10.2. The van der Waals surface area contributed by atoms with Crippen LogP contribution in [0.5, 0.6) is 11.5 Å². The number of benzene rings is 2. The minimum atomic E-state index is -0.948. The van der Waals surface area contributed by atoms with Gasteiger partial charge in [-0.3, -0.25) is 0 Å². The smallest absolute Gasteiger partial charge is 0.330 e. The van der Waals surface area contributed by atoms with E-state index in [9.17, 15) is 19.8 Å². The van der Waals surface area contributed by atoms with Gasteiger partial charge in [0.25, 0.3) is 0 Å². The summed E-state index contributed by atoms with van der Waals surface area (Å²) < 4.78 is 22.3. The second kappa shape index (κ2) is 17.5. The van der Waals surface area contributed by atoms with Crippen molar-refractivity contribution in [2.45, 2.75) is 108 Å². The fourth-order valence-electron chi connectivity index (χ4n) is 6.71. The van der Waals surface area contributed by atoms with Gasteiger partial charge >= 0.3 is 11.9 Å². The molecular formula is C39H52O8. The lowest BCUT2D eigenvalue weighted by Crippen LogP contribution is -2.26. The van der Waals surface area contributed by atoms with E-state index in [-0.39, 0.29) is 31.8 Å². The van der Waals surface area contributed by atoms with Crippen LogP contribution in [0, 0.1) is 0 Å². The lowest BCUT2D eigenvalue weighted by atomic mass is 9.74. The fraction of sp³-hybridized carbons (Fsp3) is 0.538. The quantitative estimate of drug-likeness (QED) is 0.147. The van der Waals surface area contributed by atoms with Crippen LogP contribution in [0.1, 0.15) is 112 Å². The monoisotopic (exact) mass is 648 g/mol. The minimum absolute atomic E-state index is 0.0183. The third-order valence-electron chi connectivity index (χ3n) is 9.58. The number of aliphatic hydroxyl groups is 2. The van der Waals surface area contributed by atoms with Crippen LogP contribution in [0.3, 0.4) is 0 Å². The lowest BCUT2D eigenvalue weighted by molar-refractivity contribution is -0.142. The highest BCUT2D eigenvalue weighted by Gasteiger charge is 2.29. The first-order chi connectivity index (χ1) is 22.6. The van der Waals surface area contributed by atoms with Gasteiger partial charge in [-0.25, -0.2) is 9.59 Å². The Bertz CT molecular complexity index is 1250. The van der Waals surface area contributed by atoms with Crippen molar-refractivity contribution in [3.8, 4) is 11.5 Å². The van der Waals surface area contributed by atoms with E-state index in [2.05, 4.69) is 51.3 Å². The van der Waals surface area contributed by atoms with Gasteiger partial charge in [0, 0.05) is 17.6 Å². The molecule has 2 saturated carbocycles. The Balaban J connectivity index is 1.58. The highest BCUT2D eigenvalue weighted by molar-refractivity contribution is 5.81. The van der Waals surface area contributed by atoms with E-state index in [4.69, 9.17) is 18.9 Å². The Kier molecular flexibility index (Phi) is 13.5. The van der Waals surface area contributed by atoms with Gasteiger partial charge in [-0.2, -0.15) is 0 Å². The van der Waals surface area contributed by atoms with E-state index < -0.39 is 24.1 Å². The molecule has 2 aliphatic carbocycles. The van der Waals surface area contributed by atoms with Crippen LogP contribution < -0.4 is 9.47 Å². The number of hydrogen-bond acceptors (Lipinski definition) is 8. The number of hydrogen-bond donors (Lipinski definition) is 2. The van der Waals surface area contributed by atoms with Crippen molar-refractivity contribution in [2.75, 3.05) is 26.4 Å². The molecule has 2 aliphatic rings. The van der Waals surface area contributed by atoms with Crippen molar-refractivity contribution >= 4 is 11.9 Å². The normalized spacial score (nSPS) is 17.3. The Labute approximate surface area is 279 Å². The van der Waals surface area contributed by atoms with Crippen molar-refractivity contribution in [3.63, 3.8) is 0 Å². The second-order valence-electron chi connectivity index (χ2n) is 13.4. The molecule has 4 rings (SSSR count). The molecule has 2 unspecified atom stereocenters. The van der Waals surface area contributed by atoms with Gasteiger partial charge in [-0.05, 0) is 71.9 Å². The van der Waals surface area contributed by atoms with E-state index >= 15 is 0 Å². The summed E-state index contributed by atoms with van der Waals surface area (Å²) in [6, 6.07) is 12.8. The number of carbonyl (C=O) groups excluding carboxylic acids is 2. The van der Waals surface area contributed by atoms with Crippen molar-refractivity contribution < 1.29 is 38.7 Å². The topological polar surface area (TPSA) is 112 Å². The average Bonchev–Trinajstić information content (AvgIpc) is 3.11. The first-order valence-electron chi connectivity index (χ1n) is 17.1. The molecule has 8 nitrogen and oxygen atoms in total. The summed E-state index contributed by atoms with van der Waals surface area (Å²) in [4.78, 5) is 22.8. The fourth-order valence-corrected chi connectivity index (χ4v) is 6.71. The summed E-state index contributed by atoms with van der Waals surface area (Å²) in [7, 11) is 0. The van der Waals surface area contributed by atoms with Gasteiger partial charge in [-0.1, -0.05) is 89.8 Å².